The van der Waals surface area contributed by atoms with Crippen molar-refractivity contribution in [3.63, 3.8) is 0 Å². The summed E-state index contributed by atoms with van der Waals surface area (Å²) in [6.45, 7) is 0.465. The topological polar surface area (TPSA) is 66.0 Å². The largest absolute Gasteiger partial charge is 0.484 e. The van der Waals surface area contributed by atoms with Crippen molar-refractivity contribution in [3.05, 3.63) is 59.7 Å². The maximum Gasteiger partial charge on any atom is 0.422 e. The minimum absolute atomic E-state index is 0. The van der Waals surface area contributed by atoms with Crippen molar-refractivity contribution in [3.8, 4) is 5.75 Å². The molecule has 0 aromatic heterocycles. The number of carbonyl (C=O) groups excluding carboxylic acids is 1. The van der Waals surface area contributed by atoms with E-state index in [4.69, 9.17) is 4.74 Å². The molecular formula is C23H28F3IN4O2. The van der Waals surface area contributed by atoms with Gasteiger partial charge in [0.25, 0.3) is 0 Å². The van der Waals surface area contributed by atoms with E-state index in [1.54, 1.807) is 19.2 Å². The fourth-order valence-electron chi connectivity index (χ4n) is 3.33. The van der Waals surface area contributed by atoms with Gasteiger partial charge >= 0.3 is 6.18 Å². The van der Waals surface area contributed by atoms with E-state index < -0.39 is 12.8 Å². The molecule has 0 radical (unpaired) electrons. The van der Waals surface area contributed by atoms with Crippen LogP contribution in [0.2, 0.25) is 0 Å². The average Bonchev–Trinajstić information content (AvgIpc) is 2.79. The van der Waals surface area contributed by atoms with E-state index in [0.717, 1.165) is 36.2 Å². The monoisotopic (exact) mass is 576 g/mol. The smallest absolute Gasteiger partial charge is 0.422 e. The molecule has 0 aliphatic carbocycles. The van der Waals surface area contributed by atoms with Gasteiger partial charge in [-0.3, -0.25) is 9.79 Å². The standard InChI is InChI=1S/C23H27F3N4O2.HI/c1-27-22(29-15-18-7-11-20(12-8-18)32-16-23(24,25)26)28-14-17-5-9-19(10-6-17)30-13-3-2-4-21(30)31;/h5-12H,2-4,13-16H2,1H3,(H2,27,28,29);1H. The summed E-state index contributed by atoms with van der Waals surface area (Å²) in [5.41, 5.74) is 2.85. The van der Waals surface area contributed by atoms with Gasteiger partial charge in [-0.05, 0) is 48.2 Å². The first-order chi connectivity index (χ1) is 15.3. The molecule has 0 atom stereocenters. The van der Waals surface area contributed by atoms with Crippen LogP contribution >= 0.6 is 24.0 Å². The third kappa shape index (κ3) is 8.75. The van der Waals surface area contributed by atoms with Gasteiger partial charge < -0.3 is 20.3 Å². The van der Waals surface area contributed by atoms with E-state index in [2.05, 4.69) is 15.6 Å². The van der Waals surface area contributed by atoms with Crippen molar-refractivity contribution in [2.75, 3.05) is 25.1 Å². The van der Waals surface area contributed by atoms with Crippen molar-refractivity contribution >= 4 is 41.5 Å². The summed E-state index contributed by atoms with van der Waals surface area (Å²) in [6, 6.07) is 14.3. The number of halogens is 4. The summed E-state index contributed by atoms with van der Waals surface area (Å²) < 4.78 is 41.4. The number of anilines is 1. The fraction of sp³-hybridized carbons (Fsp3) is 0.391. The molecule has 2 aromatic carbocycles. The van der Waals surface area contributed by atoms with Crippen molar-refractivity contribution < 1.29 is 22.7 Å². The summed E-state index contributed by atoms with van der Waals surface area (Å²) >= 11 is 0. The number of aliphatic imine (C=N–C) groups is 1. The molecule has 1 saturated heterocycles. The molecule has 2 aromatic rings. The number of guanidine groups is 1. The molecule has 1 aliphatic heterocycles. The highest BCUT2D eigenvalue weighted by Crippen LogP contribution is 2.21. The number of nitrogens with zero attached hydrogens (tertiary/aromatic N) is 2. The lowest BCUT2D eigenvalue weighted by Crippen LogP contribution is -2.36. The molecule has 0 unspecified atom stereocenters. The van der Waals surface area contributed by atoms with Gasteiger partial charge in [-0.15, -0.1) is 24.0 Å². The highest BCUT2D eigenvalue weighted by molar-refractivity contribution is 14.0. The first-order valence-electron chi connectivity index (χ1n) is 10.5. The van der Waals surface area contributed by atoms with Gasteiger partial charge in [0.05, 0.1) is 0 Å². The molecule has 0 bridgehead atoms. The highest BCUT2D eigenvalue weighted by Gasteiger charge is 2.28. The zero-order valence-corrected chi connectivity index (χ0v) is 20.7. The van der Waals surface area contributed by atoms with Gasteiger partial charge in [-0.1, -0.05) is 24.3 Å². The molecular weight excluding hydrogens is 548 g/mol. The Morgan fingerprint density at radius 3 is 2.09 bits per heavy atom. The number of piperidine rings is 1. The molecule has 2 N–H and O–H groups in total. The van der Waals surface area contributed by atoms with Crippen molar-refractivity contribution in [2.45, 2.75) is 38.5 Å². The third-order valence-electron chi connectivity index (χ3n) is 5.04. The Labute approximate surface area is 208 Å². The summed E-state index contributed by atoms with van der Waals surface area (Å²) in [7, 11) is 1.66. The molecule has 180 valence electrons. The van der Waals surface area contributed by atoms with Gasteiger partial charge in [0.2, 0.25) is 5.91 Å². The van der Waals surface area contributed by atoms with Crippen LogP contribution in [0.15, 0.2) is 53.5 Å². The number of nitrogens with one attached hydrogen (secondary N) is 2. The quantitative estimate of drug-likeness (QED) is 0.287. The Bertz CT molecular complexity index is 919. The van der Waals surface area contributed by atoms with Crippen LogP contribution in [-0.4, -0.2) is 38.2 Å². The minimum Gasteiger partial charge on any atom is -0.484 e. The molecule has 10 heteroatoms. The van der Waals surface area contributed by atoms with E-state index in [-0.39, 0.29) is 35.6 Å². The number of benzene rings is 2. The zero-order valence-electron chi connectivity index (χ0n) is 18.3. The summed E-state index contributed by atoms with van der Waals surface area (Å²) in [5.74, 6) is 0.938. The predicted molar refractivity (Wildman–Crippen MR) is 133 cm³/mol. The second-order valence-electron chi connectivity index (χ2n) is 7.50. The Hall–Kier alpha value is -2.50. The number of ether oxygens (including phenoxy) is 1. The minimum atomic E-state index is -4.36. The van der Waals surface area contributed by atoms with Crippen molar-refractivity contribution in [1.29, 1.82) is 0 Å². The zero-order chi connectivity index (χ0) is 23.0. The van der Waals surface area contributed by atoms with Gasteiger partial charge in [0.15, 0.2) is 12.6 Å². The van der Waals surface area contributed by atoms with Crippen LogP contribution < -0.4 is 20.3 Å². The summed E-state index contributed by atoms with van der Waals surface area (Å²) in [5, 5.41) is 6.39. The van der Waals surface area contributed by atoms with Crippen molar-refractivity contribution in [1.82, 2.24) is 10.6 Å². The Balaban J connectivity index is 0.00000385. The SMILES string of the molecule is CN=C(NCc1ccc(OCC(F)(F)F)cc1)NCc1ccc(N2CCCCC2=O)cc1.I. The lowest BCUT2D eigenvalue weighted by atomic mass is 10.1. The van der Waals surface area contributed by atoms with Gasteiger partial charge in [-0.25, -0.2) is 0 Å². The summed E-state index contributed by atoms with van der Waals surface area (Å²) in [6.07, 6.45) is -1.77. The van der Waals surface area contributed by atoms with Crippen LogP contribution in [0.4, 0.5) is 18.9 Å². The second kappa shape index (κ2) is 12.7. The average molecular weight is 576 g/mol. The van der Waals surface area contributed by atoms with Crippen LogP contribution in [0.5, 0.6) is 5.75 Å². The second-order valence-corrected chi connectivity index (χ2v) is 7.50. The number of alkyl halides is 3. The lowest BCUT2D eigenvalue weighted by molar-refractivity contribution is -0.153. The first-order valence-corrected chi connectivity index (χ1v) is 10.5. The van der Waals surface area contributed by atoms with E-state index in [0.29, 0.717) is 25.5 Å². The predicted octanol–water partition coefficient (Wildman–Crippen LogP) is 4.63. The first kappa shape index (κ1) is 26.7. The molecule has 0 spiro atoms. The maximum absolute atomic E-state index is 12.2. The number of hydrogen-bond donors (Lipinski definition) is 2. The van der Waals surface area contributed by atoms with Crippen LogP contribution in [0.25, 0.3) is 0 Å². The Morgan fingerprint density at radius 1 is 1.00 bits per heavy atom. The van der Waals surface area contributed by atoms with Crippen LogP contribution in [0.1, 0.15) is 30.4 Å². The summed E-state index contributed by atoms with van der Waals surface area (Å²) in [4.78, 5) is 18.1. The van der Waals surface area contributed by atoms with Crippen molar-refractivity contribution in [2.24, 2.45) is 4.99 Å². The number of rotatable bonds is 7. The normalized spacial score (nSPS) is 14.5. The number of amides is 1. The van der Waals surface area contributed by atoms with Crippen LogP contribution in [0, 0.1) is 0 Å². The van der Waals surface area contributed by atoms with E-state index in [9.17, 15) is 18.0 Å². The Kier molecular flexibility index (Phi) is 10.3. The molecule has 1 heterocycles. The highest BCUT2D eigenvalue weighted by atomic mass is 127. The Morgan fingerprint density at radius 2 is 1.58 bits per heavy atom. The molecule has 1 amide bonds. The lowest BCUT2D eigenvalue weighted by Gasteiger charge is -2.26. The maximum atomic E-state index is 12.2. The number of carbonyl (C=O) groups is 1. The molecule has 1 aliphatic rings. The molecule has 6 nitrogen and oxygen atoms in total. The van der Waals surface area contributed by atoms with Gasteiger partial charge in [-0.2, -0.15) is 13.2 Å². The van der Waals surface area contributed by atoms with Crippen LogP contribution in [-0.2, 0) is 17.9 Å². The molecule has 33 heavy (non-hydrogen) atoms. The van der Waals surface area contributed by atoms with Gasteiger partial charge in [0, 0.05) is 38.8 Å². The molecule has 1 fully saturated rings. The van der Waals surface area contributed by atoms with E-state index >= 15 is 0 Å². The number of hydrogen-bond acceptors (Lipinski definition) is 3. The fourth-order valence-corrected chi connectivity index (χ4v) is 3.33. The van der Waals surface area contributed by atoms with E-state index in [1.807, 2.05) is 29.2 Å². The molecule has 0 saturated carbocycles. The third-order valence-corrected chi connectivity index (χ3v) is 5.04. The molecule has 3 rings (SSSR count). The van der Waals surface area contributed by atoms with Gasteiger partial charge in [0.1, 0.15) is 5.75 Å². The van der Waals surface area contributed by atoms with E-state index in [1.165, 1.54) is 12.1 Å². The van der Waals surface area contributed by atoms with Crippen LogP contribution in [0.3, 0.4) is 0 Å².